The zero-order valence-electron chi connectivity index (χ0n) is 16.9. The van der Waals surface area contributed by atoms with Crippen LogP contribution in [0.3, 0.4) is 0 Å². The van der Waals surface area contributed by atoms with E-state index >= 15 is 0 Å². The summed E-state index contributed by atoms with van der Waals surface area (Å²) >= 11 is 0. The average Bonchev–Trinajstić information content (AvgIpc) is 2.79. The van der Waals surface area contributed by atoms with Gasteiger partial charge in [-0.1, -0.05) is 24.3 Å². The molecule has 1 amide bonds. The van der Waals surface area contributed by atoms with E-state index < -0.39 is 0 Å². The van der Waals surface area contributed by atoms with Gasteiger partial charge in [0.2, 0.25) is 0 Å². The van der Waals surface area contributed by atoms with Crippen molar-refractivity contribution >= 4 is 23.0 Å². The maximum absolute atomic E-state index is 12.7. The lowest BCUT2D eigenvalue weighted by molar-refractivity contribution is 0.102. The molecule has 0 aliphatic carbocycles. The first-order chi connectivity index (χ1) is 14.6. The van der Waals surface area contributed by atoms with Crippen molar-refractivity contribution in [2.24, 2.45) is 0 Å². The Morgan fingerprint density at radius 3 is 2.43 bits per heavy atom. The Hall–Kier alpha value is -3.85. The number of para-hydroxylation sites is 1. The van der Waals surface area contributed by atoms with Crippen molar-refractivity contribution in [2.75, 3.05) is 41.3 Å². The van der Waals surface area contributed by atoms with Crippen LogP contribution in [-0.2, 0) is 0 Å². The second kappa shape index (κ2) is 8.66. The molecule has 1 aliphatic heterocycles. The molecule has 4 rings (SSSR count). The fraction of sp³-hybridized carbons (Fsp3) is 0.208. The van der Waals surface area contributed by atoms with Gasteiger partial charge in [0.1, 0.15) is 6.07 Å². The summed E-state index contributed by atoms with van der Waals surface area (Å²) in [5.41, 5.74) is 4.85. The number of hydrogen-bond donors (Lipinski definition) is 1. The second-order valence-corrected chi connectivity index (χ2v) is 7.36. The van der Waals surface area contributed by atoms with Crippen molar-refractivity contribution in [3.05, 3.63) is 83.7 Å². The van der Waals surface area contributed by atoms with Gasteiger partial charge in [0.25, 0.3) is 5.91 Å². The molecule has 1 saturated heterocycles. The number of hydrogen-bond acceptors (Lipinski definition) is 5. The van der Waals surface area contributed by atoms with Gasteiger partial charge in [-0.15, -0.1) is 0 Å². The summed E-state index contributed by atoms with van der Waals surface area (Å²) in [6.07, 6.45) is 3.35. The van der Waals surface area contributed by atoms with Crippen molar-refractivity contribution in [3.8, 4) is 6.07 Å². The molecule has 3 aromatic rings. The molecule has 1 aliphatic rings. The van der Waals surface area contributed by atoms with E-state index in [1.54, 1.807) is 36.7 Å². The number of piperazine rings is 1. The molecule has 150 valence electrons. The van der Waals surface area contributed by atoms with Crippen molar-refractivity contribution in [1.29, 1.82) is 5.26 Å². The van der Waals surface area contributed by atoms with Crippen LogP contribution in [0.15, 0.2) is 67.0 Å². The number of rotatable bonds is 4. The molecule has 0 bridgehead atoms. The van der Waals surface area contributed by atoms with Crippen molar-refractivity contribution in [1.82, 2.24) is 4.98 Å². The summed E-state index contributed by atoms with van der Waals surface area (Å²) in [6, 6.07) is 19.5. The van der Waals surface area contributed by atoms with Gasteiger partial charge in [0.05, 0.1) is 28.7 Å². The van der Waals surface area contributed by atoms with Gasteiger partial charge in [-0.2, -0.15) is 5.26 Å². The highest BCUT2D eigenvalue weighted by molar-refractivity contribution is 6.05. The van der Waals surface area contributed by atoms with Gasteiger partial charge in [0, 0.05) is 38.1 Å². The van der Waals surface area contributed by atoms with Crippen LogP contribution in [0.5, 0.6) is 0 Å². The van der Waals surface area contributed by atoms with Gasteiger partial charge in [0.15, 0.2) is 0 Å². The average molecular weight is 397 g/mol. The van der Waals surface area contributed by atoms with Gasteiger partial charge in [-0.3, -0.25) is 9.78 Å². The highest BCUT2D eigenvalue weighted by Crippen LogP contribution is 2.22. The summed E-state index contributed by atoms with van der Waals surface area (Å²) in [5, 5.41) is 12.0. The Morgan fingerprint density at radius 2 is 1.70 bits per heavy atom. The third-order valence-electron chi connectivity index (χ3n) is 5.29. The van der Waals surface area contributed by atoms with Crippen LogP contribution in [0.2, 0.25) is 0 Å². The molecule has 30 heavy (non-hydrogen) atoms. The summed E-state index contributed by atoms with van der Waals surface area (Å²) in [4.78, 5) is 21.6. The highest BCUT2D eigenvalue weighted by Gasteiger charge is 2.19. The first-order valence-electron chi connectivity index (χ1n) is 9.96. The lowest BCUT2D eigenvalue weighted by Gasteiger charge is -2.37. The topological polar surface area (TPSA) is 72.3 Å². The predicted octanol–water partition coefficient (Wildman–Crippen LogP) is 3.84. The maximum Gasteiger partial charge on any atom is 0.257 e. The molecule has 0 unspecified atom stereocenters. The minimum Gasteiger partial charge on any atom is -0.368 e. The van der Waals surface area contributed by atoms with Gasteiger partial charge >= 0.3 is 0 Å². The van der Waals surface area contributed by atoms with Gasteiger partial charge in [-0.25, -0.2) is 0 Å². The van der Waals surface area contributed by atoms with Crippen molar-refractivity contribution < 1.29 is 4.79 Å². The minimum absolute atomic E-state index is 0.273. The number of aryl methyl sites for hydroxylation is 1. The van der Waals surface area contributed by atoms with E-state index in [-0.39, 0.29) is 5.91 Å². The molecule has 0 saturated carbocycles. The van der Waals surface area contributed by atoms with Crippen LogP contribution in [0.25, 0.3) is 0 Å². The first kappa shape index (κ1) is 19.5. The molecular weight excluding hydrogens is 374 g/mol. The predicted molar refractivity (Wildman–Crippen MR) is 119 cm³/mol. The molecule has 0 spiro atoms. The maximum atomic E-state index is 12.7. The number of pyridine rings is 1. The standard InChI is InChI=1S/C24H23N5O/c1-18-5-4-7-21(13-18)28-9-11-29(12-10-28)22-14-20(16-26-17-22)24(30)27-23-8-3-2-6-19(23)15-25/h2-8,13-14,16-17H,9-12H2,1H3,(H,27,30). The Kier molecular flexibility index (Phi) is 5.62. The molecule has 1 aromatic heterocycles. The number of aromatic nitrogens is 1. The second-order valence-electron chi connectivity index (χ2n) is 7.36. The van der Waals surface area contributed by atoms with Gasteiger partial charge < -0.3 is 15.1 Å². The number of nitrogens with zero attached hydrogens (tertiary/aromatic N) is 4. The van der Waals surface area contributed by atoms with E-state index in [9.17, 15) is 10.1 Å². The Morgan fingerprint density at radius 1 is 0.967 bits per heavy atom. The van der Waals surface area contributed by atoms with Crippen LogP contribution >= 0.6 is 0 Å². The normalized spacial score (nSPS) is 13.6. The quantitative estimate of drug-likeness (QED) is 0.724. The fourth-order valence-electron chi connectivity index (χ4n) is 3.66. The summed E-state index contributed by atoms with van der Waals surface area (Å²) in [5.74, 6) is -0.273. The molecule has 1 fully saturated rings. The lowest BCUT2D eigenvalue weighted by Crippen LogP contribution is -2.46. The van der Waals surface area contributed by atoms with E-state index in [4.69, 9.17) is 0 Å². The van der Waals surface area contributed by atoms with Crippen LogP contribution in [0, 0.1) is 18.3 Å². The molecule has 1 N–H and O–H groups in total. The lowest BCUT2D eigenvalue weighted by atomic mass is 10.1. The van der Waals surface area contributed by atoms with E-state index in [1.165, 1.54) is 11.3 Å². The minimum atomic E-state index is -0.273. The number of carbonyl (C=O) groups is 1. The van der Waals surface area contributed by atoms with Crippen LogP contribution < -0.4 is 15.1 Å². The number of anilines is 3. The molecule has 0 atom stereocenters. The summed E-state index contributed by atoms with van der Waals surface area (Å²) in [7, 11) is 0. The fourth-order valence-corrected chi connectivity index (χ4v) is 3.66. The molecular formula is C24H23N5O. The van der Waals surface area contributed by atoms with E-state index in [0.29, 0.717) is 16.8 Å². The van der Waals surface area contributed by atoms with Crippen molar-refractivity contribution in [3.63, 3.8) is 0 Å². The van der Waals surface area contributed by atoms with E-state index in [0.717, 1.165) is 31.9 Å². The monoisotopic (exact) mass is 397 g/mol. The molecule has 6 nitrogen and oxygen atoms in total. The van der Waals surface area contributed by atoms with Crippen molar-refractivity contribution in [2.45, 2.75) is 6.92 Å². The number of benzene rings is 2. The summed E-state index contributed by atoms with van der Waals surface area (Å²) in [6.45, 7) is 5.65. The molecule has 6 heteroatoms. The SMILES string of the molecule is Cc1cccc(N2CCN(c3cncc(C(=O)Nc4ccccc4C#N)c3)CC2)c1. The Balaban J connectivity index is 1.44. The van der Waals surface area contributed by atoms with Crippen LogP contribution in [-0.4, -0.2) is 37.1 Å². The van der Waals surface area contributed by atoms with Crippen LogP contribution in [0.4, 0.5) is 17.1 Å². The Labute approximate surface area is 176 Å². The van der Waals surface area contributed by atoms with Gasteiger partial charge in [-0.05, 0) is 42.8 Å². The number of nitrogens with one attached hydrogen (secondary N) is 1. The highest BCUT2D eigenvalue weighted by atomic mass is 16.1. The molecule has 2 heterocycles. The smallest absolute Gasteiger partial charge is 0.257 e. The number of amides is 1. The third kappa shape index (κ3) is 4.26. The molecule has 2 aromatic carbocycles. The van der Waals surface area contributed by atoms with Crippen LogP contribution in [0.1, 0.15) is 21.5 Å². The first-order valence-corrected chi connectivity index (χ1v) is 9.96. The zero-order chi connectivity index (χ0) is 20.9. The van der Waals surface area contributed by atoms with E-state index in [1.807, 2.05) is 6.07 Å². The molecule has 0 radical (unpaired) electrons. The zero-order valence-corrected chi connectivity index (χ0v) is 16.9. The number of nitriles is 1. The third-order valence-corrected chi connectivity index (χ3v) is 5.29. The van der Waals surface area contributed by atoms with E-state index in [2.05, 4.69) is 57.4 Å². The largest absolute Gasteiger partial charge is 0.368 e. The Bertz CT molecular complexity index is 1100. The summed E-state index contributed by atoms with van der Waals surface area (Å²) < 4.78 is 0. The number of carbonyl (C=O) groups excluding carboxylic acids is 1.